The molecule has 0 aliphatic carbocycles. The summed E-state index contributed by atoms with van der Waals surface area (Å²) < 4.78 is 0. The minimum Gasteiger partial charge on any atom is -0.354 e. The fraction of sp³-hybridized carbons (Fsp3) is 0.100. The van der Waals surface area contributed by atoms with Gasteiger partial charge in [-0.1, -0.05) is 42.5 Å². The number of nitro groups is 1. The first-order valence-electron chi connectivity index (χ1n) is 8.45. The second-order valence-electron chi connectivity index (χ2n) is 6.18. The quantitative estimate of drug-likeness (QED) is 0.553. The molecular formula is C20H16N4O3. The molecule has 0 unspecified atom stereocenters. The summed E-state index contributed by atoms with van der Waals surface area (Å²) in [6.07, 6.45) is 1.03. The number of carbonyl (C=O) groups is 1. The Morgan fingerprint density at radius 1 is 1.04 bits per heavy atom. The SMILES string of the molecule is O=C1c2cccnc2[C@H](Nc2ccccc2[N+](=O)[O-])N1Cc1ccccc1. The van der Waals surface area contributed by atoms with Crippen molar-refractivity contribution in [3.05, 3.63) is 99.9 Å². The highest BCUT2D eigenvalue weighted by Gasteiger charge is 2.38. The van der Waals surface area contributed by atoms with Gasteiger partial charge in [-0.2, -0.15) is 0 Å². The van der Waals surface area contributed by atoms with Crippen molar-refractivity contribution in [2.45, 2.75) is 12.7 Å². The molecule has 1 aliphatic heterocycles. The highest BCUT2D eigenvalue weighted by molar-refractivity contribution is 5.99. The number of para-hydroxylation sites is 2. The molecule has 0 saturated heterocycles. The molecule has 0 bridgehead atoms. The lowest BCUT2D eigenvalue weighted by molar-refractivity contribution is -0.384. The number of carbonyl (C=O) groups excluding carboxylic acids is 1. The van der Waals surface area contributed by atoms with Gasteiger partial charge >= 0.3 is 0 Å². The van der Waals surface area contributed by atoms with Crippen LogP contribution >= 0.6 is 0 Å². The number of rotatable bonds is 5. The third kappa shape index (κ3) is 3.10. The van der Waals surface area contributed by atoms with Crippen molar-refractivity contribution in [1.82, 2.24) is 9.88 Å². The predicted octanol–water partition coefficient (Wildman–Crippen LogP) is 3.76. The fourth-order valence-corrected chi connectivity index (χ4v) is 3.23. The van der Waals surface area contributed by atoms with E-state index in [1.807, 2.05) is 30.3 Å². The van der Waals surface area contributed by atoms with Gasteiger partial charge in [-0.25, -0.2) is 0 Å². The molecule has 3 aromatic rings. The number of aromatic nitrogens is 1. The number of nitrogens with zero attached hydrogens (tertiary/aromatic N) is 3. The molecule has 1 aliphatic rings. The summed E-state index contributed by atoms with van der Waals surface area (Å²) in [4.78, 5) is 29.8. The van der Waals surface area contributed by atoms with E-state index in [4.69, 9.17) is 0 Å². The van der Waals surface area contributed by atoms with E-state index in [0.717, 1.165) is 5.56 Å². The Bertz CT molecular complexity index is 1010. The van der Waals surface area contributed by atoms with Crippen molar-refractivity contribution in [2.24, 2.45) is 0 Å². The summed E-state index contributed by atoms with van der Waals surface area (Å²) in [6, 6.07) is 19.4. The van der Waals surface area contributed by atoms with E-state index in [1.165, 1.54) is 6.07 Å². The van der Waals surface area contributed by atoms with Crippen molar-refractivity contribution >= 4 is 17.3 Å². The van der Waals surface area contributed by atoms with Crippen molar-refractivity contribution in [3.63, 3.8) is 0 Å². The Kier molecular flexibility index (Phi) is 4.25. The number of fused-ring (bicyclic) bond motifs is 1. The van der Waals surface area contributed by atoms with Crippen LogP contribution in [0.4, 0.5) is 11.4 Å². The van der Waals surface area contributed by atoms with E-state index < -0.39 is 11.1 Å². The van der Waals surface area contributed by atoms with Crippen LogP contribution in [0.5, 0.6) is 0 Å². The molecule has 2 heterocycles. The summed E-state index contributed by atoms with van der Waals surface area (Å²) >= 11 is 0. The average molecular weight is 360 g/mol. The Morgan fingerprint density at radius 3 is 2.56 bits per heavy atom. The molecule has 0 saturated carbocycles. The van der Waals surface area contributed by atoms with Gasteiger partial charge in [-0.15, -0.1) is 0 Å². The number of hydrogen-bond acceptors (Lipinski definition) is 5. The summed E-state index contributed by atoms with van der Waals surface area (Å²) in [6.45, 7) is 0.369. The molecule has 4 rings (SSSR count). The molecule has 0 fully saturated rings. The van der Waals surface area contributed by atoms with Crippen LogP contribution in [-0.4, -0.2) is 20.7 Å². The zero-order chi connectivity index (χ0) is 18.8. The molecule has 7 nitrogen and oxygen atoms in total. The van der Waals surface area contributed by atoms with Gasteiger partial charge in [0.1, 0.15) is 11.9 Å². The van der Waals surface area contributed by atoms with E-state index >= 15 is 0 Å². The van der Waals surface area contributed by atoms with E-state index in [-0.39, 0.29) is 11.6 Å². The summed E-state index contributed by atoms with van der Waals surface area (Å²) in [7, 11) is 0. The smallest absolute Gasteiger partial charge is 0.292 e. The topological polar surface area (TPSA) is 88.4 Å². The van der Waals surface area contributed by atoms with Crippen LogP contribution in [0.2, 0.25) is 0 Å². The van der Waals surface area contributed by atoms with Crippen molar-refractivity contribution in [2.75, 3.05) is 5.32 Å². The first kappa shape index (κ1) is 16.7. The molecule has 7 heteroatoms. The number of benzene rings is 2. The summed E-state index contributed by atoms with van der Waals surface area (Å²) in [5.41, 5.74) is 2.33. The number of nitrogens with one attached hydrogen (secondary N) is 1. The number of hydrogen-bond donors (Lipinski definition) is 1. The molecule has 1 aromatic heterocycles. The van der Waals surface area contributed by atoms with Crippen LogP contribution in [0.25, 0.3) is 0 Å². The highest BCUT2D eigenvalue weighted by Crippen LogP contribution is 2.36. The third-order valence-corrected chi connectivity index (χ3v) is 4.49. The number of pyridine rings is 1. The molecular weight excluding hydrogens is 344 g/mol. The minimum absolute atomic E-state index is 0.0472. The Morgan fingerprint density at radius 2 is 1.78 bits per heavy atom. The molecule has 1 N–H and O–H groups in total. The van der Waals surface area contributed by atoms with Gasteiger partial charge in [-0.05, 0) is 23.8 Å². The van der Waals surface area contributed by atoms with Crippen LogP contribution in [-0.2, 0) is 6.54 Å². The van der Waals surface area contributed by atoms with Crippen LogP contribution in [0.3, 0.4) is 0 Å². The molecule has 27 heavy (non-hydrogen) atoms. The number of anilines is 1. The van der Waals surface area contributed by atoms with Crippen LogP contribution in [0.15, 0.2) is 72.9 Å². The van der Waals surface area contributed by atoms with E-state index in [9.17, 15) is 14.9 Å². The van der Waals surface area contributed by atoms with E-state index in [1.54, 1.807) is 41.4 Å². The summed E-state index contributed by atoms with van der Waals surface area (Å²) in [5, 5.41) is 14.5. The highest BCUT2D eigenvalue weighted by atomic mass is 16.6. The molecule has 0 radical (unpaired) electrons. The number of nitro benzene ring substituents is 1. The molecule has 1 amide bonds. The van der Waals surface area contributed by atoms with E-state index in [0.29, 0.717) is 23.5 Å². The first-order chi connectivity index (χ1) is 13.1. The molecule has 134 valence electrons. The Balaban J connectivity index is 1.73. The maximum Gasteiger partial charge on any atom is 0.292 e. The van der Waals surface area contributed by atoms with Gasteiger partial charge in [0, 0.05) is 18.8 Å². The van der Waals surface area contributed by atoms with E-state index in [2.05, 4.69) is 10.3 Å². The summed E-state index contributed by atoms with van der Waals surface area (Å²) in [5.74, 6) is -0.155. The second kappa shape index (κ2) is 6.87. The van der Waals surface area contributed by atoms with Crippen molar-refractivity contribution in [3.8, 4) is 0 Å². The molecule has 1 atom stereocenters. The van der Waals surface area contributed by atoms with Gasteiger partial charge in [-0.3, -0.25) is 19.9 Å². The normalized spacial score (nSPS) is 15.5. The predicted molar refractivity (Wildman–Crippen MR) is 100 cm³/mol. The van der Waals surface area contributed by atoms with Gasteiger partial charge in [0.05, 0.1) is 16.2 Å². The monoisotopic (exact) mass is 360 g/mol. The molecule has 2 aromatic carbocycles. The zero-order valence-electron chi connectivity index (χ0n) is 14.3. The third-order valence-electron chi connectivity index (χ3n) is 4.49. The Labute approximate surface area is 155 Å². The van der Waals surface area contributed by atoms with Gasteiger partial charge in [0.25, 0.3) is 11.6 Å². The lowest BCUT2D eigenvalue weighted by atomic mass is 10.2. The van der Waals surface area contributed by atoms with Crippen LogP contribution in [0.1, 0.15) is 27.8 Å². The van der Waals surface area contributed by atoms with Crippen molar-refractivity contribution in [1.29, 1.82) is 0 Å². The van der Waals surface area contributed by atoms with Gasteiger partial charge in [0.15, 0.2) is 0 Å². The second-order valence-corrected chi connectivity index (χ2v) is 6.18. The largest absolute Gasteiger partial charge is 0.354 e. The van der Waals surface area contributed by atoms with Crippen LogP contribution < -0.4 is 5.32 Å². The van der Waals surface area contributed by atoms with Gasteiger partial charge < -0.3 is 10.2 Å². The zero-order valence-corrected chi connectivity index (χ0v) is 14.3. The minimum atomic E-state index is -0.588. The number of amides is 1. The average Bonchev–Trinajstić information content (AvgIpc) is 2.95. The van der Waals surface area contributed by atoms with Crippen molar-refractivity contribution < 1.29 is 9.72 Å². The standard InChI is InChI=1S/C20H16N4O3/c25-20-15-9-6-12-21-18(15)19(23(20)13-14-7-2-1-3-8-14)22-16-10-4-5-11-17(16)24(26)27/h1-12,19,22H,13H2/t19-/m1/s1. The lowest BCUT2D eigenvalue weighted by Gasteiger charge is -2.26. The Hall–Kier alpha value is -3.74. The lowest BCUT2D eigenvalue weighted by Crippen LogP contribution is -2.32. The van der Waals surface area contributed by atoms with Crippen LogP contribution in [0, 0.1) is 10.1 Å². The fourth-order valence-electron chi connectivity index (χ4n) is 3.23. The first-order valence-corrected chi connectivity index (χ1v) is 8.45. The maximum atomic E-state index is 12.9. The van der Waals surface area contributed by atoms with Gasteiger partial charge in [0.2, 0.25) is 0 Å². The maximum absolute atomic E-state index is 12.9. The molecule has 0 spiro atoms.